The van der Waals surface area contributed by atoms with E-state index in [4.69, 9.17) is 28.4 Å². The SMILES string of the molecule is COC(=O)COCCOCCOCCOCCOCCN(C)C(=O)OC(C)(C)C. The Morgan fingerprint density at radius 3 is 1.55 bits per heavy atom. The van der Waals surface area contributed by atoms with Gasteiger partial charge in [-0.3, -0.25) is 0 Å². The molecule has 0 aromatic rings. The number of rotatable bonds is 17. The van der Waals surface area contributed by atoms with Gasteiger partial charge in [0.25, 0.3) is 0 Å². The average Bonchev–Trinajstić information content (AvgIpc) is 2.65. The molecular weight excluding hydrogens is 386 g/mol. The van der Waals surface area contributed by atoms with E-state index >= 15 is 0 Å². The van der Waals surface area contributed by atoms with E-state index in [1.165, 1.54) is 12.0 Å². The topological polar surface area (TPSA) is 102 Å². The predicted octanol–water partition coefficient (Wildman–Crippen LogP) is 1.11. The molecule has 0 aliphatic heterocycles. The van der Waals surface area contributed by atoms with Crippen LogP contribution in [0.1, 0.15) is 20.8 Å². The van der Waals surface area contributed by atoms with Crippen molar-refractivity contribution in [3.05, 3.63) is 0 Å². The second-order valence-electron chi connectivity index (χ2n) is 6.98. The Balaban J connectivity index is 3.28. The van der Waals surface area contributed by atoms with Crippen molar-refractivity contribution in [2.75, 3.05) is 86.8 Å². The highest BCUT2D eigenvalue weighted by atomic mass is 16.6. The van der Waals surface area contributed by atoms with E-state index in [0.717, 1.165) is 0 Å². The summed E-state index contributed by atoms with van der Waals surface area (Å²) in [5.41, 5.74) is -0.506. The Morgan fingerprint density at radius 2 is 1.14 bits per heavy atom. The Labute approximate surface area is 173 Å². The van der Waals surface area contributed by atoms with Crippen LogP contribution in [0.25, 0.3) is 0 Å². The highest BCUT2D eigenvalue weighted by molar-refractivity contribution is 5.70. The van der Waals surface area contributed by atoms with Gasteiger partial charge in [-0.15, -0.1) is 0 Å². The van der Waals surface area contributed by atoms with Gasteiger partial charge in [0.05, 0.1) is 66.6 Å². The van der Waals surface area contributed by atoms with Gasteiger partial charge in [0.15, 0.2) is 0 Å². The van der Waals surface area contributed by atoms with Crippen LogP contribution in [-0.4, -0.2) is 109 Å². The van der Waals surface area contributed by atoms with Crippen molar-refractivity contribution in [2.45, 2.75) is 26.4 Å². The molecule has 1 amide bonds. The van der Waals surface area contributed by atoms with Crippen LogP contribution in [0, 0.1) is 0 Å². The minimum atomic E-state index is -0.506. The van der Waals surface area contributed by atoms with Gasteiger partial charge in [0.2, 0.25) is 0 Å². The number of hydrogen-bond donors (Lipinski definition) is 0. The summed E-state index contributed by atoms with van der Waals surface area (Å²) in [5, 5.41) is 0. The third kappa shape index (κ3) is 19.6. The third-order valence-corrected chi connectivity index (χ3v) is 3.21. The third-order valence-electron chi connectivity index (χ3n) is 3.21. The summed E-state index contributed by atoms with van der Waals surface area (Å²) >= 11 is 0. The molecule has 0 fully saturated rings. The van der Waals surface area contributed by atoms with E-state index in [-0.39, 0.29) is 12.7 Å². The van der Waals surface area contributed by atoms with Gasteiger partial charge in [-0.1, -0.05) is 0 Å². The largest absolute Gasteiger partial charge is 0.467 e. The molecule has 10 heteroatoms. The maximum Gasteiger partial charge on any atom is 0.410 e. The zero-order valence-corrected chi connectivity index (χ0v) is 18.4. The molecule has 0 aromatic heterocycles. The molecule has 0 unspecified atom stereocenters. The number of ether oxygens (including phenoxy) is 7. The molecule has 0 aliphatic rings. The lowest BCUT2D eigenvalue weighted by Crippen LogP contribution is -2.36. The number of methoxy groups -OCH3 is 1. The molecule has 0 aromatic carbocycles. The van der Waals surface area contributed by atoms with E-state index in [9.17, 15) is 9.59 Å². The van der Waals surface area contributed by atoms with E-state index in [1.54, 1.807) is 7.05 Å². The Hall–Kier alpha value is -1.46. The summed E-state index contributed by atoms with van der Waals surface area (Å²) in [6.07, 6.45) is -0.368. The molecule has 0 heterocycles. The first-order valence-corrected chi connectivity index (χ1v) is 9.66. The quantitative estimate of drug-likeness (QED) is 0.251. The molecule has 0 radical (unpaired) electrons. The second kappa shape index (κ2) is 17.4. The van der Waals surface area contributed by atoms with Gasteiger partial charge in [-0.2, -0.15) is 0 Å². The minimum absolute atomic E-state index is 0.0716. The van der Waals surface area contributed by atoms with Crippen LogP contribution in [0.15, 0.2) is 0 Å². The molecule has 0 N–H and O–H groups in total. The molecule has 0 rings (SSSR count). The number of likely N-dealkylation sites (N-methyl/N-ethyl adjacent to an activating group) is 1. The summed E-state index contributed by atoms with van der Waals surface area (Å²) in [4.78, 5) is 24.0. The van der Waals surface area contributed by atoms with Gasteiger partial charge in [0, 0.05) is 13.6 Å². The number of hydrogen-bond acceptors (Lipinski definition) is 9. The highest BCUT2D eigenvalue weighted by Crippen LogP contribution is 2.08. The zero-order valence-electron chi connectivity index (χ0n) is 18.4. The lowest BCUT2D eigenvalue weighted by molar-refractivity contribution is -0.146. The van der Waals surface area contributed by atoms with Crippen molar-refractivity contribution in [1.82, 2.24) is 4.90 Å². The second-order valence-corrected chi connectivity index (χ2v) is 6.98. The Bertz CT molecular complexity index is 426. The van der Waals surface area contributed by atoms with Gasteiger partial charge in [0.1, 0.15) is 12.2 Å². The van der Waals surface area contributed by atoms with Gasteiger partial charge in [-0.05, 0) is 20.8 Å². The average molecular weight is 424 g/mol. The van der Waals surface area contributed by atoms with E-state index in [2.05, 4.69) is 4.74 Å². The van der Waals surface area contributed by atoms with Crippen LogP contribution in [0.2, 0.25) is 0 Å². The van der Waals surface area contributed by atoms with Gasteiger partial charge in [-0.25, -0.2) is 9.59 Å². The highest BCUT2D eigenvalue weighted by Gasteiger charge is 2.19. The molecule has 0 spiro atoms. The van der Waals surface area contributed by atoms with Crippen LogP contribution < -0.4 is 0 Å². The molecule has 0 saturated heterocycles. The van der Waals surface area contributed by atoms with Gasteiger partial charge < -0.3 is 38.1 Å². The number of carbonyl (C=O) groups excluding carboxylic acids is 2. The minimum Gasteiger partial charge on any atom is -0.467 e. The number of carbonyl (C=O) groups is 2. The Kier molecular flexibility index (Phi) is 16.5. The lowest BCUT2D eigenvalue weighted by atomic mass is 10.2. The summed E-state index contributed by atoms with van der Waals surface area (Å²) < 4.78 is 36.2. The standard InChI is InChI=1S/C19H37NO9/c1-19(2,3)29-18(22)20(4)6-7-24-8-9-25-10-11-26-12-13-27-14-15-28-16-17(21)23-5/h6-16H2,1-5H3. The number of nitrogens with zero attached hydrogens (tertiary/aromatic N) is 1. The fourth-order valence-corrected chi connectivity index (χ4v) is 1.73. The molecule has 0 aliphatic carbocycles. The molecule has 0 saturated carbocycles. The van der Waals surface area contributed by atoms with E-state index in [0.29, 0.717) is 66.0 Å². The van der Waals surface area contributed by atoms with E-state index in [1.807, 2.05) is 20.8 Å². The van der Waals surface area contributed by atoms with Gasteiger partial charge >= 0.3 is 12.1 Å². The Morgan fingerprint density at radius 1 is 0.724 bits per heavy atom. The molecular formula is C19H37NO9. The molecule has 172 valence electrons. The first kappa shape index (κ1) is 27.5. The van der Waals surface area contributed by atoms with Crippen LogP contribution in [0.3, 0.4) is 0 Å². The fourth-order valence-electron chi connectivity index (χ4n) is 1.73. The maximum atomic E-state index is 11.8. The van der Waals surface area contributed by atoms with Crippen molar-refractivity contribution in [3.8, 4) is 0 Å². The smallest absolute Gasteiger partial charge is 0.410 e. The fraction of sp³-hybridized carbons (Fsp3) is 0.895. The first-order valence-electron chi connectivity index (χ1n) is 9.66. The molecule has 0 atom stereocenters. The maximum absolute atomic E-state index is 11.8. The molecule has 29 heavy (non-hydrogen) atoms. The van der Waals surface area contributed by atoms with Crippen molar-refractivity contribution in [2.24, 2.45) is 0 Å². The van der Waals surface area contributed by atoms with Crippen molar-refractivity contribution in [1.29, 1.82) is 0 Å². The zero-order chi connectivity index (χ0) is 22.0. The molecule has 10 nitrogen and oxygen atoms in total. The van der Waals surface area contributed by atoms with Crippen LogP contribution in [0.4, 0.5) is 4.79 Å². The number of amides is 1. The van der Waals surface area contributed by atoms with Crippen molar-refractivity contribution in [3.63, 3.8) is 0 Å². The first-order chi connectivity index (χ1) is 13.8. The summed E-state index contributed by atoms with van der Waals surface area (Å²) in [5.74, 6) is -0.410. The van der Waals surface area contributed by atoms with Crippen LogP contribution in [0.5, 0.6) is 0 Å². The van der Waals surface area contributed by atoms with Crippen LogP contribution in [-0.2, 0) is 38.0 Å². The van der Waals surface area contributed by atoms with Crippen molar-refractivity contribution >= 4 is 12.1 Å². The molecule has 0 bridgehead atoms. The summed E-state index contributed by atoms with van der Waals surface area (Å²) in [7, 11) is 2.98. The lowest BCUT2D eigenvalue weighted by Gasteiger charge is -2.24. The van der Waals surface area contributed by atoms with Crippen LogP contribution >= 0.6 is 0 Å². The predicted molar refractivity (Wildman–Crippen MR) is 105 cm³/mol. The number of esters is 1. The summed E-state index contributed by atoms with van der Waals surface area (Å²) in [6, 6.07) is 0. The van der Waals surface area contributed by atoms with Crippen molar-refractivity contribution < 1.29 is 42.7 Å². The normalized spacial score (nSPS) is 11.3. The van der Waals surface area contributed by atoms with E-state index < -0.39 is 11.6 Å². The summed E-state index contributed by atoms with van der Waals surface area (Å²) in [6.45, 7) is 9.70. The monoisotopic (exact) mass is 423 g/mol.